The Balaban J connectivity index is 1.23. The normalized spacial score (nSPS) is 11.9. The van der Waals surface area contributed by atoms with Crippen LogP contribution >= 0.6 is 22.7 Å². The SMILES string of the molecule is c1ccc(-c2nc(-c3ccccc3)nc(-c3cccc(-n4c5ccccc5c5c6sc7ccccc7c6c6c7cncnc7sc6c54)c3)n2)cc1. The van der Waals surface area contributed by atoms with E-state index in [4.69, 9.17) is 19.9 Å². The first kappa shape index (κ1) is 28.5. The van der Waals surface area contributed by atoms with Crippen molar-refractivity contribution in [2.24, 2.45) is 0 Å². The molecule has 0 spiro atoms. The largest absolute Gasteiger partial charge is 0.308 e. The lowest BCUT2D eigenvalue weighted by Crippen LogP contribution is -2.01. The van der Waals surface area contributed by atoms with E-state index in [2.05, 4.69) is 82.3 Å². The molecule has 0 aliphatic carbocycles. The molecule has 0 N–H and O–H groups in total. The molecule has 51 heavy (non-hydrogen) atoms. The van der Waals surface area contributed by atoms with E-state index in [1.165, 1.54) is 46.5 Å². The van der Waals surface area contributed by atoms with Gasteiger partial charge in [0.05, 0.1) is 15.7 Å². The molecule has 238 valence electrons. The van der Waals surface area contributed by atoms with Crippen LogP contribution in [0.1, 0.15) is 0 Å². The van der Waals surface area contributed by atoms with Crippen molar-refractivity contribution >= 4 is 85.0 Å². The van der Waals surface area contributed by atoms with Crippen LogP contribution in [0.15, 0.2) is 146 Å². The highest BCUT2D eigenvalue weighted by molar-refractivity contribution is 7.29. The minimum atomic E-state index is 0.625. The Kier molecular flexibility index (Phi) is 6.19. The molecule has 8 heteroatoms. The molecule has 5 heterocycles. The van der Waals surface area contributed by atoms with Crippen molar-refractivity contribution < 1.29 is 0 Å². The summed E-state index contributed by atoms with van der Waals surface area (Å²) in [4.78, 5) is 25.2. The predicted molar refractivity (Wildman–Crippen MR) is 212 cm³/mol. The van der Waals surface area contributed by atoms with Gasteiger partial charge in [-0.1, -0.05) is 109 Å². The molecule has 6 aromatic carbocycles. The minimum Gasteiger partial charge on any atom is -0.308 e. The molecule has 6 nitrogen and oxygen atoms in total. The summed E-state index contributed by atoms with van der Waals surface area (Å²) >= 11 is 3.61. The van der Waals surface area contributed by atoms with Crippen molar-refractivity contribution in [3.8, 4) is 39.9 Å². The summed E-state index contributed by atoms with van der Waals surface area (Å²) in [6, 6.07) is 46.3. The third-order valence-electron chi connectivity index (χ3n) is 9.60. The summed E-state index contributed by atoms with van der Waals surface area (Å²) in [5, 5.41) is 7.33. The van der Waals surface area contributed by atoms with E-state index in [-0.39, 0.29) is 0 Å². The molecule has 0 bridgehead atoms. The lowest BCUT2D eigenvalue weighted by atomic mass is 10.0. The van der Waals surface area contributed by atoms with Gasteiger partial charge >= 0.3 is 0 Å². The molecule has 0 radical (unpaired) electrons. The van der Waals surface area contributed by atoms with E-state index in [1.807, 2.05) is 78.2 Å². The first-order valence-electron chi connectivity index (χ1n) is 16.7. The Bertz CT molecular complexity index is 3090. The lowest BCUT2D eigenvalue weighted by molar-refractivity contribution is 1.07. The molecule has 0 fully saturated rings. The summed E-state index contributed by atoms with van der Waals surface area (Å²) in [5.41, 5.74) is 6.16. The number of benzene rings is 6. The van der Waals surface area contributed by atoms with Gasteiger partial charge in [-0.2, -0.15) is 0 Å². The summed E-state index contributed by atoms with van der Waals surface area (Å²) in [5.74, 6) is 1.91. The fraction of sp³-hybridized carbons (Fsp3) is 0. The van der Waals surface area contributed by atoms with Gasteiger partial charge in [0, 0.05) is 70.3 Å². The highest BCUT2D eigenvalue weighted by Crippen LogP contribution is 2.51. The number of aromatic nitrogens is 6. The lowest BCUT2D eigenvalue weighted by Gasteiger charge is -2.12. The van der Waals surface area contributed by atoms with Gasteiger partial charge in [-0.3, -0.25) is 0 Å². The zero-order valence-electron chi connectivity index (χ0n) is 26.9. The first-order chi connectivity index (χ1) is 25.3. The van der Waals surface area contributed by atoms with E-state index in [9.17, 15) is 0 Å². The van der Waals surface area contributed by atoms with Crippen molar-refractivity contribution in [3.63, 3.8) is 0 Å². The Morgan fingerprint density at radius 3 is 1.88 bits per heavy atom. The molecule has 0 saturated carbocycles. The van der Waals surface area contributed by atoms with Crippen molar-refractivity contribution in [2.75, 3.05) is 0 Å². The van der Waals surface area contributed by atoms with Crippen LogP contribution in [-0.4, -0.2) is 29.5 Å². The second kappa shape index (κ2) is 11.1. The van der Waals surface area contributed by atoms with Gasteiger partial charge in [-0.15, -0.1) is 22.7 Å². The molecule has 0 aliphatic heterocycles. The van der Waals surface area contributed by atoms with Gasteiger partial charge in [0.15, 0.2) is 17.5 Å². The molecular formula is C43H24N6S2. The highest BCUT2D eigenvalue weighted by atomic mass is 32.1. The number of thiophene rings is 2. The van der Waals surface area contributed by atoms with Crippen molar-refractivity contribution in [3.05, 3.63) is 146 Å². The van der Waals surface area contributed by atoms with E-state index in [0.29, 0.717) is 17.5 Å². The van der Waals surface area contributed by atoms with Crippen LogP contribution in [0.2, 0.25) is 0 Å². The fourth-order valence-corrected chi connectivity index (χ4v) is 9.83. The van der Waals surface area contributed by atoms with Gasteiger partial charge in [0.1, 0.15) is 11.2 Å². The summed E-state index contributed by atoms with van der Waals surface area (Å²) in [6.45, 7) is 0. The average molecular weight is 689 g/mol. The third kappa shape index (κ3) is 4.30. The number of nitrogens with zero attached hydrogens (tertiary/aromatic N) is 6. The molecule has 0 unspecified atom stereocenters. The van der Waals surface area contributed by atoms with E-state index in [0.717, 1.165) is 38.1 Å². The first-order valence-corrected chi connectivity index (χ1v) is 18.3. The van der Waals surface area contributed by atoms with Crippen LogP contribution in [0, 0.1) is 0 Å². The van der Waals surface area contributed by atoms with Crippen LogP contribution in [0.4, 0.5) is 0 Å². The van der Waals surface area contributed by atoms with Crippen LogP contribution in [-0.2, 0) is 0 Å². The number of fused-ring (bicyclic) bond motifs is 12. The third-order valence-corrected chi connectivity index (χ3v) is 11.9. The van der Waals surface area contributed by atoms with Gasteiger partial charge < -0.3 is 4.57 Å². The molecule has 0 amide bonds. The van der Waals surface area contributed by atoms with Crippen molar-refractivity contribution in [2.45, 2.75) is 0 Å². The maximum Gasteiger partial charge on any atom is 0.164 e. The highest BCUT2D eigenvalue weighted by Gasteiger charge is 2.25. The summed E-state index contributed by atoms with van der Waals surface area (Å²) in [6.07, 6.45) is 3.63. The molecular weight excluding hydrogens is 665 g/mol. The Hall–Kier alpha value is -6.35. The molecule has 0 atom stereocenters. The topological polar surface area (TPSA) is 69.4 Å². The molecule has 11 aromatic rings. The zero-order valence-corrected chi connectivity index (χ0v) is 28.5. The zero-order chi connectivity index (χ0) is 33.5. The van der Waals surface area contributed by atoms with Crippen molar-refractivity contribution in [1.82, 2.24) is 29.5 Å². The van der Waals surface area contributed by atoms with Crippen LogP contribution < -0.4 is 0 Å². The fourth-order valence-electron chi connectivity index (χ4n) is 7.40. The van der Waals surface area contributed by atoms with Gasteiger partial charge in [-0.05, 0) is 24.3 Å². The van der Waals surface area contributed by atoms with Gasteiger partial charge in [0.2, 0.25) is 0 Å². The number of hydrogen-bond donors (Lipinski definition) is 0. The Labute approximate surface area is 299 Å². The molecule has 5 aromatic heterocycles. The monoisotopic (exact) mass is 688 g/mol. The van der Waals surface area contributed by atoms with E-state index >= 15 is 0 Å². The Morgan fingerprint density at radius 2 is 1.12 bits per heavy atom. The second-order valence-electron chi connectivity index (χ2n) is 12.5. The van der Waals surface area contributed by atoms with Crippen LogP contribution in [0.5, 0.6) is 0 Å². The maximum absolute atomic E-state index is 5.05. The molecule has 11 rings (SSSR count). The van der Waals surface area contributed by atoms with Crippen LogP contribution in [0.3, 0.4) is 0 Å². The van der Waals surface area contributed by atoms with Crippen LogP contribution in [0.25, 0.3) is 102 Å². The van der Waals surface area contributed by atoms with Gasteiger partial charge in [0.25, 0.3) is 0 Å². The van der Waals surface area contributed by atoms with E-state index < -0.39 is 0 Å². The summed E-state index contributed by atoms with van der Waals surface area (Å²) in [7, 11) is 0. The number of hydrogen-bond acceptors (Lipinski definition) is 7. The minimum absolute atomic E-state index is 0.625. The smallest absolute Gasteiger partial charge is 0.164 e. The summed E-state index contributed by atoms with van der Waals surface area (Å²) < 4.78 is 6.18. The van der Waals surface area contributed by atoms with Gasteiger partial charge in [-0.25, -0.2) is 24.9 Å². The second-order valence-corrected chi connectivity index (χ2v) is 14.6. The van der Waals surface area contributed by atoms with Crippen molar-refractivity contribution in [1.29, 1.82) is 0 Å². The Morgan fingerprint density at radius 1 is 0.490 bits per heavy atom. The average Bonchev–Trinajstić information content (AvgIpc) is 3.88. The van der Waals surface area contributed by atoms with E-state index in [1.54, 1.807) is 17.7 Å². The number of para-hydroxylation sites is 1. The standard InChI is InChI=1S/C43H24N6S2/c1-3-12-25(13-4-1)40-46-41(26-14-5-2-6-15-26)48-42(47-40)27-16-11-17-28(22-27)49-32-20-9-7-18-29(32)36-37(49)39-35(31-23-44-24-45-43(31)51-39)34-30-19-8-10-21-33(30)50-38(34)36/h1-24H. The molecule has 0 saturated heterocycles. The number of rotatable bonds is 4. The maximum atomic E-state index is 5.05. The predicted octanol–water partition coefficient (Wildman–Crippen LogP) is 11.5. The molecule has 0 aliphatic rings. The quantitative estimate of drug-likeness (QED) is 0.184.